The second-order valence-corrected chi connectivity index (χ2v) is 9.03. The van der Waals surface area contributed by atoms with Gasteiger partial charge < -0.3 is 9.64 Å². The van der Waals surface area contributed by atoms with Crippen LogP contribution in [0.3, 0.4) is 0 Å². The number of likely N-dealkylation sites (tertiary alicyclic amines) is 2. The Morgan fingerprint density at radius 2 is 1.43 bits per heavy atom. The van der Waals surface area contributed by atoms with E-state index in [-0.39, 0.29) is 12.0 Å². The SMILES string of the molecule is O=C(c1ccccc1OC1CCN(C2Cc3ccccc3C2)CC1)N1CCCCC1. The second kappa shape index (κ2) is 8.81. The molecule has 4 nitrogen and oxygen atoms in total. The van der Waals surface area contributed by atoms with Crippen molar-refractivity contribution < 1.29 is 9.53 Å². The van der Waals surface area contributed by atoms with Crippen molar-refractivity contribution in [3.05, 3.63) is 65.2 Å². The maximum Gasteiger partial charge on any atom is 0.257 e. The fourth-order valence-corrected chi connectivity index (χ4v) is 5.35. The van der Waals surface area contributed by atoms with Gasteiger partial charge in [-0.15, -0.1) is 0 Å². The number of carbonyl (C=O) groups excluding carboxylic acids is 1. The highest BCUT2D eigenvalue weighted by molar-refractivity contribution is 5.97. The molecule has 1 aliphatic carbocycles. The predicted molar refractivity (Wildman–Crippen MR) is 119 cm³/mol. The molecule has 2 saturated heterocycles. The van der Waals surface area contributed by atoms with Crippen LogP contribution in [0.15, 0.2) is 48.5 Å². The average molecular weight is 405 g/mol. The van der Waals surface area contributed by atoms with Crippen molar-refractivity contribution in [1.82, 2.24) is 9.80 Å². The molecule has 5 rings (SSSR count). The summed E-state index contributed by atoms with van der Waals surface area (Å²) in [5.74, 6) is 0.895. The summed E-state index contributed by atoms with van der Waals surface area (Å²) in [6.45, 7) is 3.89. The fraction of sp³-hybridized carbons (Fsp3) is 0.500. The molecule has 0 aromatic heterocycles. The second-order valence-electron chi connectivity index (χ2n) is 9.03. The normalized spacial score (nSPS) is 20.9. The molecule has 158 valence electrons. The van der Waals surface area contributed by atoms with Crippen molar-refractivity contribution in [2.75, 3.05) is 26.2 Å². The molecule has 2 aromatic rings. The third-order valence-corrected chi connectivity index (χ3v) is 7.08. The monoisotopic (exact) mass is 404 g/mol. The van der Waals surface area contributed by atoms with Gasteiger partial charge in [-0.1, -0.05) is 36.4 Å². The van der Waals surface area contributed by atoms with Crippen molar-refractivity contribution in [1.29, 1.82) is 0 Å². The molecule has 4 heteroatoms. The first kappa shape index (κ1) is 19.6. The summed E-state index contributed by atoms with van der Waals surface area (Å²) in [7, 11) is 0. The minimum atomic E-state index is 0.131. The van der Waals surface area contributed by atoms with Crippen molar-refractivity contribution in [3.8, 4) is 5.75 Å². The maximum atomic E-state index is 13.0. The molecule has 30 heavy (non-hydrogen) atoms. The zero-order chi connectivity index (χ0) is 20.3. The highest BCUT2D eigenvalue weighted by Gasteiger charge is 2.31. The van der Waals surface area contributed by atoms with E-state index < -0.39 is 0 Å². The minimum absolute atomic E-state index is 0.131. The van der Waals surface area contributed by atoms with E-state index in [0.717, 1.165) is 63.2 Å². The van der Waals surface area contributed by atoms with Crippen LogP contribution in [0.4, 0.5) is 0 Å². The van der Waals surface area contributed by atoms with Gasteiger partial charge in [0.15, 0.2) is 0 Å². The van der Waals surface area contributed by atoms with Gasteiger partial charge in [0.2, 0.25) is 0 Å². The molecule has 2 heterocycles. The average Bonchev–Trinajstić information content (AvgIpc) is 3.24. The molecule has 2 aliphatic heterocycles. The van der Waals surface area contributed by atoms with Crippen LogP contribution in [0.25, 0.3) is 0 Å². The van der Waals surface area contributed by atoms with Crippen LogP contribution < -0.4 is 4.74 Å². The Labute approximate surface area is 179 Å². The van der Waals surface area contributed by atoms with Gasteiger partial charge in [0.1, 0.15) is 11.9 Å². The van der Waals surface area contributed by atoms with Gasteiger partial charge in [-0.2, -0.15) is 0 Å². The summed E-state index contributed by atoms with van der Waals surface area (Å²) >= 11 is 0. The number of piperidine rings is 2. The first-order valence-electron chi connectivity index (χ1n) is 11.6. The van der Waals surface area contributed by atoms with Crippen LogP contribution in [0.1, 0.15) is 53.6 Å². The number of amides is 1. The molecule has 2 fully saturated rings. The van der Waals surface area contributed by atoms with Crippen molar-refractivity contribution in [2.45, 2.75) is 57.1 Å². The van der Waals surface area contributed by atoms with Crippen LogP contribution >= 0.6 is 0 Å². The number of para-hydroxylation sites is 1. The lowest BCUT2D eigenvalue weighted by Gasteiger charge is -2.36. The lowest BCUT2D eigenvalue weighted by molar-refractivity contribution is 0.0678. The number of nitrogens with zero attached hydrogens (tertiary/aromatic N) is 2. The summed E-state index contributed by atoms with van der Waals surface area (Å²) in [6.07, 6.45) is 8.05. The zero-order valence-corrected chi connectivity index (χ0v) is 17.8. The van der Waals surface area contributed by atoms with Gasteiger partial charge in [0.25, 0.3) is 5.91 Å². The van der Waals surface area contributed by atoms with E-state index in [0.29, 0.717) is 6.04 Å². The quantitative estimate of drug-likeness (QED) is 0.761. The Kier molecular flexibility index (Phi) is 5.76. The van der Waals surface area contributed by atoms with E-state index in [1.54, 1.807) is 0 Å². The fourth-order valence-electron chi connectivity index (χ4n) is 5.35. The molecule has 0 spiro atoms. The number of benzene rings is 2. The van der Waals surface area contributed by atoms with Crippen LogP contribution in [-0.4, -0.2) is 54.0 Å². The number of hydrogen-bond donors (Lipinski definition) is 0. The first-order chi connectivity index (χ1) is 14.8. The van der Waals surface area contributed by atoms with Crippen molar-refractivity contribution in [2.24, 2.45) is 0 Å². The number of carbonyl (C=O) groups is 1. The van der Waals surface area contributed by atoms with E-state index in [9.17, 15) is 4.79 Å². The summed E-state index contributed by atoms with van der Waals surface area (Å²) < 4.78 is 6.40. The zero-order valence-electron chi connectivity index (χ0n) is 17.8. The lowest BCUT2D eigenvalue weighted by atomic mass is 10.0. The van der Waals surface area contributed by atoms with E-state index >= 15 is 0 Å². The number of fused-ring (bicyclic) bond motifs is 1. The van der Waals surface area contributed by atoms with Crippen LogP contribution in [-0.2, 0) is 12.8 Å². The van der Waals surface area contributed by atoms with E-state index in [4.69, 9.17) is 4.74 Å². The molecule has 0 atom stereocenters. The van der Waals surface area contributed by atoms with Crippen LogP contribution in [0, 0.1) is 0 Å². The van der Waals surface area contributed by atoms with E-state index in [1.165, 1.54) is 30.4 Å². The molecule has 0 radical (unpaired) electrons. The summed E-state index contributed by atoms with van der Waals surface area (Å²) in [5.41, 5.74) is 3.77. The van der Waals surface area contributed by atoms with Crippen molar-refractivity contribution >= 4 is 5.91 Å². The highest BCUT2D eigenvalue weighted by atomic mass is 16.5. The minimum Gasteiger partial charge on any atom is -0.489 e. The molecule has 1 amide bonds. The Hall–Kier alpha value is -2.33. The van der Waals surface area contributed by atoms with Gasteiger partial charge in [-0.05, 0) is 68.2 Å². The van der Waals surface area contributed by atoms with Gasteiger partial charge in [-0.25, -0.2) is 0 Å². The molecule has 3 aliphatic rings. The van der Waals surface area contributed by atoms with Crippen LogP contribution in [0.5, 0.6) is 5.75 Å². The third-order valence-electron chi connectivity index (χ3n) is 7.08. The molecule has 0 N–H and O–H groups in total. The summed E-state index contributed by atoms with van der Waals surface area (Å²) in [5, 5.41) is 0. The predicted octanol–water partition coefficient (Wildman–Crippen LogP) is 4.32. The Morgan fingerprint density at radius 1 is 0.800 bits per heavy atom. The maximum absolute atomic E-state index is 13.0. The Balaban J connectivity index is 1.19. The first-order valence-corrected chi connectivity index (χ1v) is 11.6. The third kappa shape index (κ3) is 4.11. The van der Waals surface area contributed by atoms with E-state index in [1.807, 2.05) is 29.2 Å². The van der Waals surface area contributed by atoms with Gasteiger partial charge in [-0.3, -0.25) is 9.69 Å². The summed E-state index contributed by atoms with van der Waals surface area (Å²) in [6, 6.07) is 17.3. The number of rotatable bonds is 4. The highest BCUT2D eigenvalue weighted by Crippen LogP contribution is 2.29. The molecular weight excluding hydrogens is 372 g/mol. The molecule has 0 saturated carbocycles. The lowest BCUT2D eigenvalue weighted by Crippen LogP contribution is -2.44. The molecule has 2 aromatic carbocycles. The van der Waals surface area contributed by atoms with Gasteiger partial charge >= 0.3 is 0 Å². The van der Waals surface area contributed by atoms with E-state index in [2.05, 4.69) is 29.2 Å². The standard InChI is InChI=1S/C26H32N2O2/c29-26(28-14-6-1-7-15-28)24-10-4-5-11-25(24)30-23-12-16-27(17-13-23)22-18-20-8-2-3-9-21(20)19-22/h2-5,8-11,22-23H,1,6-7,12-19H2. The smallest absolute Gasteiger partial charge is 0.257 e. The summed E-state index contributed by atoms with van der Waals surface area (Å²) in [4.78, 5) is 17.7. The number of hydrogen-bond acceptors (Lipinski definition) is 3. The number of ether oxygens (including phenoxy) is 1. The topological polar surface area (TPSA) is 32.8 Å². The molecule has 0 unspecified atom stereocenters. The molecular formula is C26H32N2O2. The molecule has 0 bridgehead atoms. The Bertz CT molecular complexity index is 857. The van der Waals surface area contributed by atoms with Gasteiger partial charge in [0.05, 0.1) is 5.56 Å². The van der Waals surface area contributed by atoms with Gasteiger partial charge in [0, 0.05) is 32.2 Å². The van der Waals surface area contributed by atoms with Crippen molar-refractivity contribution in [3.63, 3.8) is 0 Å². The Morgan fingerprint density at radius 3 is 2.13 bits per heavy atom. The van der Waals surface area contributed by atoms with Crippen LogP contribution in [0.2, 0.25) is 0 Å². The largest absolute Gasteiger partial charge is 0.489 e.